The average Bonchev–Trinajstić information content (AvgIpc) is 3.25. The van der Waals surface area contributed by atoms with E-state index in [9.17, 15) is 9.59 Å². The largest absolute Gasteiger partial charge is 0.493 e. The van der Waals surface area contributed by atoms with Gasteiger partial charge in [0.15, 0.2) is 5.76 Å². The van der Waals surface area contributed by atoms with E-state index in [-0.39, 0.29) is 12.1 Å². The van der Waals surface area contributed by atoms with Crippen molar-refractivity contribution in [1.82, 2.24) is 15.0 Å². The Morgan fingerprint density at radius 2 is 2.06 bits per heavy atom. The summed E-state index contributed by atoms with van der Waals surface area (Å²) in [6.45, 7) is 2.72. The highest BCUT2D eigenvalue weighted by Crippen LogP contribution is 2.22. The first kappa shape index (κ1) is 20.3. The van der Waals surface area contributed by atoms with E-state index in [1.165, 1.54) is 11.0 Å². The van der Waals surface area contributed by atoms with Crippen LogP contribution in [-0.2, 0) is 6.54 Å². The van der Waals surface area contributed by atoms with E-state index in [0.717, 1.165) is 12.0 Å². The molecule has 3 heterocycles. The maximum Gasteiger partial charge on any atom is 0.349 e. The van der Waals surface area contributed by atoms with Crippen molar-refractivity contribution < 1.29 is 18.5 Å². The van der Waals surface area contributed by atoms with Crippen molar-refractivity contribution in [2.45, 2.75) is 19.9 Å². The Morgan fingerprint density at radius 1 is 1.19 bits per heavy atom. The van der Waals surface area contributed by atoms with Crippen LogP contribution in [0.5, 0.6) is 5.75 Å². The van der Waals surface area contributed by atoms with Gasteiger partial charge in [-0.25, -0.2) is 4.79 Å². The third-order valence-electron chi connectivity index (χ3n) is 4.67. The molecule has 0 aliphatic rings. The number of rotatable bonds is 7. The summed E-state index contributed by atoms with van der Waals surface area (Å²) in [5.41, 5.74) is 1.04. The maximum absolute atomic E-state index is 12.9. The highest BCUT2D eigenvalue weighted by Gasteiger charge is 2.20. The lowest BCUT2D eigenvalue weighted by atomic mass is 10.1. The predicted octanol–water partition coefficient (Wildman–Crippen LogP) is 3.90. The second-order valence-electron chi connectivity index (χ2n) is 7.08. The molecule has 0 aliphatic carbocycles. The van der Waals surface area contributed by atoms with Crippen LogP contribution in [0.15, 0.2) is 68.6 Å². The number of hydrogen-bond donors (Lipinski definition) is 0. The quantitative estimate of drug-likeness (QED) is 0.419. The van der Waals surface area contributed by atoms with Gasteiger partial charge in [-0.2, -0.15) is 0 Å². The average molecular weight is 419 g/mol. The van der Waals surface area contributed by atoms with E-state index < -0.39 is 11.5 Å². The molecule has 4 rings (SSSR count). The number of carbonyl (C=O) groups is 1. The molecule has 3 aromatic heterocycles. The molecule has 0 fully saturated rings. The number of pyridine rings is 1. The van der Waals surface area contributed by atoms with E-state index >= 15 is 0 Å². The fourth-order valence-electron chi connectivity index (χ4n) is 3.10. The predicted molar refractivity (Wildman–Crippen MR) is 114 cm³/mol. The molecule has 8 nitrogen and oxygen atoms in total. The van der Waals surface area contributed by atoms with Gasteiger partial charge in [0, 0.05) is 42.5 Å². The monoisotopic (exact) mass is 419 g/mol. The van der Waals surface area contributed by atoms with E-state index in [1.54, 1.807) is 49.8 Å². The molecule has 0 saturated heterocycles. The third kappa shape index (κ3) is 4.48. The second-order valence-corrected chi connectivity index (χ2v) is 7.08. The minimum Gasteiger partial charge on any atom is -0.493 e. The van der Waals surface area contributed by atoms with Gasteiger partial charge in [0.1, 0.15) is 22.6 Å². The topological polar surface area (TPSA) is 98.7 Å². The summed E-state index contributed by atoms with van der Waals surface area (Å²) in [5, 5.41) is 4.65. The Morgan fingerprint density at radius 3 is 2.84 bits per heavy atom. The normalized spacial score (nSPS) is 10.9. The number of hydrogen-bond acceptors (Lipinski definition) is 7. The van der Waals surface area contributed by atoms with Crippen molar-refractivity contribution in [3.63, 3.8) is 0 Å². The molecular weight excluding hydrogens is 398 g/mol. The molecule has 1 amide bonds. The van der Waals surface area contributed by atoms with E-state index in [4.69, 9.17) is 13.7 Å². The minimum atomic E-state index is -0.703. The van der Waals surface area contributed by atoms with Crippen LogP contribution in [0, 0.1) is 0 Å². The van der Waals surface area contributed by atoms with Crippen LogP contribution < -0.4 is 10.4 Å². The minimum absolute atomic E-state index is 0.0516. The van der Waals surface area contributed by atoms with Crippen molar-refractivity contribution in [1.29, 1.82) is 0 Å². The summed E-state index contributed by atoms with van der Waals surface area (Å²) in [6.07, 6.45) is 4.22. The van der Waals surface area contributed by atoms with Gasteiger partial charge in [-0.1, -0.05) is 12.1 Å². The summed E-state index contributed by atoms with van der Waals surface area (Å²) >= 11 is 0. The lowest BCUT2D eigenvalue weighted by molar-refractivity contribution is 0.0768. The van der Waals surface area contributed by atoms with Crippen LogP contribution in [0.25, 0.3) is 22.2 Å². The first-order chi connectivity index (χ1) is 15.0. The molecular formula is C23H21N3O5. The molecule has 31 heavy (non-hydrogen) atoms. The van der Waals surface area contributed by atoms with Gasteiger partial charge in [-0.05, 0) is 36.8 Å². The molecule has 1 aromatic carbocycles. The summed E-state index contributed by atoms with van der Waals surface area (Å²) in [6, 6.07) is 12.1. The number of benzene rings is 1. The first-order valence-electron chi connectivity index (χ1n) is 9.87. The number of ether oxygens (including phenoxy) is 1. The van der Waals surface area contributed by atoms with Gasteiger partial charge in [0.05, 0.1) is 13.2 Å². The summed E-state index contributed by atoms with van der Waals surface area (Å²) in [5.74, 6) is 0.627. The zero-order chi connectivity index (χ0) is 21.8. The first-order valence-corrected chi connectivity index (χ1v) is 9.87. The van der Waals surface area contributed by atoms with Gasteiger partial charge in [0.25, 0.3) is 5.91 Å². The summed E-state index contributed by atoms with van der Waals surface area (Å²) < 4.78 is 16.3. The molecule has 0 atom stereocenters. The standard InChI is InChI=1S/C23H21N3O5/c1-3-9-29-17-7-6-15-10-19(23(28)30-21(15)12-17)22(27)26(2)14-18-11-20(25-31-18)16-5-4-8-24-13-16/h4-8,10-13H,3,9,14H2,1-2H3. The zero-order valence-electron chi connectivity index (χ0n) is 17.2. The van der Waals surface area contributed by atoms with Crippen LogP contribution in [0.2, 0.25) is 0 Å². The SMILES string of the molecule is CCCOc1ccc2cc(C(=O)N(C)Cc3cc(-c4cccnc4)no3)c(=O)oc2c1. The maximum atomic E-state index is 12.9. The van der Waals surface area contributed by atoms with E-state index in [1.807, 2.05) is 13.0 Å². The van der Waals surface area contributed by atoms with Gasteiger partial charge in [-0.15, -0.1) is 0 Å². The number of nitrogens with zero attached hydrogens (tertiary/aromatic N) is 3. The molecule has 0 unspecified atom stereocenters. The number of aromatic nitrogens is 2. The second kappa shape index (κ2) is 8.83. The molecule has 0 aliphatic heterocycles. The number of amides is 1. The number of carbonyl (C=O) groups excluding carboxylic acids is 1. The van der Waals surface area contributed by atoms with Crippen LogP contribution in [-0.4, -0.2) is 34.6 Å². The molecule has 0 bridgehead atoms. The number of fused-ring (bicyclic) bond motifs is 1. The van der Waals surface area contributed by atoms with Gasteiger partial charge in [0.2, 0.25) is 0 Å². The van der Waals surface area contributed by atoms with Gasteiger partial charge in [-0.3, -0.25) is 9.78 Å². The summed E-state index contributed by atoms with van der Waals surface area (Å²) in [7, 11) is 1.58. The molecule has 8 heteroatoms. The molecule has 0 N–H and O–H groups in total. The molecule has 4 aromatic rings. The summed E-state index contributed by atoms with van der Waals surface area (Å²) in [4.78, 5) is 30.7. The van der Waals surface area contributed by atoms with Gasteiger partial charge < -0.3 is 18.6 Å². The Labute approximate surface area is 178 Å². The van der Waals surface area contributed by atoms with Crippen molar-refractivity contribution in [3.05, 3.63) is 76.6 Å². The van der Waals surface area contributed by atoms with Crippen molar-refractivity contribution in [3.8, 4) is 17.0 Å². The Hall–Kier alpha value is -3.94. The molecule has 158 valence electrons. The van der Waals surface area contributed by atoms with Crippen molar-refractivity contribution >= 4 is 16.9 Å². The highest BCUT2D eigenvalue weighted by molar-refractivity contribution is 5.96. The van der Waals surface area contributed by atoms with Crippen molar-refractivity contribution in [2.24, 2.45) is 0 Å². The van der Waals surface area contributed by atoms with E-state index in [2.05, 4.69) is 10.1 Å². The Kier molecular flexibility index (Phi) is 5.79. The van der Waals surface area contributed by atoms with Crippen LogP contribution >= 0.6 is 0 Å². The van der Waals surface area contributed by atoms with Crippen LogP contribution in [0.3, 0.4) is 0 Å². The van der Waals surface area contributed by atoms with E-state index in [0.29, 0.717) is 34.8 Å². The lowest BCUT2D eigenvalue weighted by Crippen LogP contribution is -2.30. The highest BCUT2D eigenvalue weighted by atomic mass is 16.5. The van der Waals surface area contributed by atoms with Crippen LogP contribution in [0.1, 0.15) is 29.5 Å². The molecule has 0 radical (unpaired) electrons. The molecule has 0 spiro atoms. The Bertz CT molecular complexity index is 1260. The fourth-order valence-corrected chi connectivity index (χ4v) is 3.10. The Balaban J connectivity index is 1.52. The van der Waals surface area contributed by atoms with Gasteiger partial charge >= 0.3 is 5.63 Å². The smallest absolute Gasteiger partial charge is 0.349 e. The van der Waals surface area contributed by atoms with Crippen molar-refractivity contribution in [2.75, 3.05) is 13.7 Å². The third-order valence-corrected chi connectivity index (χ3v) is 4.67. The van der Waals surface area contributed by atoms with Crippen LogP contribution in [0.4, 0.5) is 0 Å². The zero-order valence-corrected chi connectivity index (χ0v) is 17.2. The fraction of sp³-hybridized carbons (Fsp3) is 0.217. The lowest BCUT2D eigenvalue weighted by Gasteiger charge is -2.14. The molecule has 0 saturated carbocycles.